The molecule has 0 atom stereocenters. The molecule has 6 aromatic carbocycles. The third kappa shape index (κ3) is 8.84. The van der Waals surface area contributed by atoms with Gasteiger partial charge in [0.05, 0.1) is 32.7 Å². The molecule has 0 fully saturated rings. The van der Waals surface area contributed by atoms with Gasteiger partial charge in [0.25, 0.3) is 0 Å². The summed E-state index contributed by atoms with van der Waals surface area (Å²) >= 11 is 0. The van der Waals surface area contributed by atoms with Gasteiger partial charge in [-0.3, -0.25) is 0 Å². The summed E-state index contributed by atoms with van der Waals surface area (Å²) in [4.78, 5) is 0. The van der Waals surface area contributed by atoms with Gasteiger partial charge in [0, 0.05) is 41.5 Å². The van der Waals surface area contributed by atoms with Crippen LogP contribution in [0.4, 0.5) is 0 Å². The summed E-state index contributed by atoms with van der Waals surface area (Å²) in [6.07, 6.45) is 0. The summed E-state index contributed by atoms with van der Waals surface area (Å²) in [5.41, 5.74) is 52.3. The maximum atomic E-state index is 2.47. The average molecular weight is 1070 g/mol. The van der Waals surface area contributed by atoms with E-state index in [1.807, 2.05) is 0 Å². The van der Waals surface area contributed by atoms with E-state index in [4.69, 9.17) is 0 Å². The van der Waals surface area contributed by atoms with Gasteiger partial charge in [-0.2, -0.15) is 13.7 Å². The van der Waals surface area contributed by atoms with Crippen LogP contribution in [0.2, 0.25) is 0 Å². The van der Waals surface area contributed by atoms with E-state index in [0.717, 1.165) is 0 Å². The van der Waals surface area contributed by atoms with E-state index in [9.17, 15) is 0 Å². The van der Waals surface area contributed by atoms with Crippen molar-refractivity contribution < 1.29 is 13.7 Å². The van der Waals surface area contributed by atoms with Crippen molar-refractivity contribution in [1.82, 2.24) is 0 Å². The maximum Gasteiger partial charge on any atom is 0.221 e. The molecule has 3 aromatic heterocycles. The van der Waals surface area contributed by atoms with Crippen molar-refractivity contribution in [3.63, 3.8) is 0 Å². The first-order valence-electron chi connectivity index (χ1n) is 29.7. The molecule has 0 saturated carbocycles. The van der Waals surface area contributed by atoms with Gasteiger partial charge in [0.2, 0.25) is 22.4 Å². The quantitative estimate of drug-likeness (QED) is 0.121. The first-order chi connectivity index (χ1) is 37.0. The molecule has 0 saturated heterocycles. The normalized spacial score (nSPS) is 11.6. The van der Waals surface area contributed by atoms with Crippen LogP contribution in [-0.2, 0) is 21.1 Å². The summed E-state index contributed by atoms with van der Waals surface area (Å²) in [6, 6.07) is 0. The first kappa shape index (κ1) is 61.4. The Hall–Kier alpha value is -6.19. The first-order valence-corrected chi connectivity index (χ1v) is 29.7. The van der Waals surface area contributed by atoms with Crippen molar-refractivity contribution in [2.45, 2.75) is 215 Å². The number of hydrogen-bond acceptors (Lipinski definition) is 0. The Labute approximate surface area is 485 Å². The molecular weight excluding hydrogens is 967 g/mol. The van der Waals surface area contributed by atoms with E-state index in [1.165, 1.54) is 239 Å². The fourth-order valence-corrected chi connectivity index (χ4v) is 14.7. The summed E-state index contributed by atoms with van der Waals surface area (Å²) in [5, 5.41) is 8.65. The zero-order valence-electron chi connectivity index (χ0n) is 56.8. The minimum Gasteiger partial charge on any atom is -0.198 e. The van der Waals surface area contributed by atoms with Crippen LogP contribution < -0.4 is 13.7 Å². The van der Waals surface area contributed by atoms with Crippen molar-refractivity contribution in [2.24, 2.45) is 21.1 Å². The number of aryl methyl sites for hydroxylation is 14. The molecule has 0 radical (unpaired) electrons. The zero-order chi connectivity index (χ0) is 60.6. The molecule has 0 bridgehead atoms. The van der Waals surface area contributed by atoms with Gasteiger partial charge in [-0.1, -0.05) is 0 Å². The minimum atomic E-state index is 1.36. The lowest BCUT2D eigenvalue weighted by atomic mass is 9.83. The van der Waals surface area contributed by atoms with Crippen LogP contribution in [-0.4, -0.2) is 0 Å². The van der Waals surface area contributed by atoms with Crippen LogP contribution in [0.15, 0.2) is 0 Å². The summed E-state index contributed by atoms with van der Waals surface area (Å²) in [7, 11) is 6.72. The molecule has 0 unspecified atom stereocenters. The highest BCUT2D eigenvalue weighted by molar-refractivity contribution is 6.11. The zero-order valence-corrected chi connectivity index (χ0v) is 56.8. The second-order valence-electron chi connectivity index (χ2n) is 25.4. The molecule has 80 heavy (non-hydrogen) atoms. The lowest BCUT2D eigenvalue weighted by Crippen LogP contribution is -2.37. The standard InChI is InChI=1S/2C27H36N.C23H30N/c1-13-14(2)19(7)25(20(8)15(13)3)27-22(10)24-18(6)16(4)17(5)21(9)26(24)23(11)28(27)12;1-13-14(2)18(6)24(19(7)15(13)3)27-23(11)21(9)25-20(8)16(4)17(5)22(10)26(25)28(27)12;1-11-12(2)15(5)22-20(14(11)4)17(7)18(8)21-16(6)13(3)19(9)24(10)23(21)22/h2*1-12H3;1-10H3/q3*+1. The van der Waals surface area contributed by atoms with E-state index in [2.05, 4.69) is 249 Å². The van der Waals surface area contributed by atoms with Crippen LogP contribution in [0.3, 0.4) is 0 Å². The van der Waals surface area contributed by atoms with E-state index >= 15 is 0 Å². The van der Waals surface area contributed by atoms with Gasteiger partial charge in [-0.15, -0.1) is 0 Å². The Morgan fingerprint density at radius 3 is 0.812 bits per heavy atom. The van der Waals surface area contributed by atoms with Crippen molar-refractivity contribution in [2.75, 3.05) is 0 Å². The van der Waals surface area contributed by atoms with Crippen LogP contribution >= 0.6 is 0 Å². The van der Waals surface area contributed by atoms with Crippen LogP contribution in [0.5, 0.6) is 0 Å². The molecule has 0 spiro atoms. The summed E-state index contributed by atoms with van der Waals surface area (Å²) < 4.78 is 7.31. The number of pyridine rings is 3. The Morgan fingerprint density at radius 1 is 0.150 bits per heavy atom. The predicted octanol–water partition coefficient (Wildman–Crippen LogP) is 19.0. The van der Waals surface area contributed by atoms with Crippen LogP contribution in [0, 0.1) is 215 Å². The molecule has 0 aliphatic heterocycles. The van der Waals surface area contributed by atoms with Gasteiger partial charge >= 0.3 is 0 Å². The molecule has 3 nitrogen and oxygen atoms in total. The van der Waals surface area contributed by atoms with Crippen LogP contribution in [0.25, 0.3) is 65.9 Å². The third-order valence-corrected chi connectivity index (χ3v) is 22.5. The molecule has 0 aliphatic carbocycles. The monoisotopic (exact) mass is 1070 g/mol. The number of fused-ring (bicyclic) bond motifs is 5. The van der Waals surface area contributed by atoms with Gasteiger partial charge in [-0.25, -0.2) is 0 Å². The highest BCUT2D eigenvalue weighted by Gasteiger charge is 2.32. The van der Waals surface area contributed by atoms with Gasteiger partial charge in [0.1, 0.15) is 21.1 Å². The Morgan fingerprint density at radius 2 is 0.400 bits per heavy atom. The predicted molar refractivity (Wildman–Crippen MR) is 351 cm³/mol. The Balaban J connectivity index is 0.000000174. The number of rotatable bonds is 2. The van der Waals surface area contributed by atoms with E-state index in [-0.39, 0.29) is 0 Å². The average Bonchev–Trinajstić information content (AvgIpc) is 3.42. The van der Waals surface area contributed by atoms with Crippen molar-refractivity contribution in [1.29, 1.82) is 0 Å². The molecule has 3 heterocycles. The lowest BCUT2D eigenvalue weighted by molar-refractivity contribution is -0.665. The topological polar surface area (TPSA) is 11.6 Å². The molecular formula is C77H102N3+3. The Kier molecular flexibility index (Phi) is 16.6. The lowest BCUT2D eigenvalue weighted by Gasteiger charge is -2.22. The van der Waals surface area contributed by atoms with E-state index in [1.54, 1.807) is 0 Å². The minimum absolute atomic E-state index is 1.36. The van der Waals surface area contributed by atoms with Gasteiger partial charge in [0.15, 0.2) is 11.4 Å². The summed E-state index contributed by atoms with van der Waals surface area (Å²) in [6.45, 7) is 70.7. The fourth-order valence-electron chi connectivity index (χ4n) is 14.7. The third-order valence-electron chi connectivity index (χ3n) is 22.5. The SMILES string of the molecule is Cc1c(C)c(C)c(-c2c(C)c(C)c3c(C)c(C)c(C)c(C)c3[n+]2C)c(C)c1C.Cc1c(C)c(C)c(-c2c(C)c3c(C)c(C)c(C)c(C)c3c(C)[n+]2C)c(C)c1C.Cc1c(C)c(C)c2c(c1C)c(C)c(C)c1c(C)c(C)c(C)[n+](C)c12. The van der Waals surface area contributed by atoms with E-state index < -0.39 is 0 Å². The second kappa shape index (κ2) is 21.6. The molecule has 9 aromatic rings. The van der Waals surface area contributed by atoms with Crippen LogP contribution in [0.1, 0.15) is 173 Å². The number of nitrogens with zero attached hydrogens (tertiary/aromatic N) is 3. The highest BCUT2D eigenvalue weighted by atomic mass is 15.0. The number of hydrogen-bond donors (Lipinski definition) is 0. The Bertz CT molecular complexity index is 3890. The molecule has 0 amide bonds. The number of benzene rings is 6. The smallest absolute Gasteiger partial charge is 0.198 e. The molecule has 422 valence electrons. The molecule has 3 heteroatoms. The number of aromatic nitrogens is 3. The fraction of sp³-hybridized carbons (Fsp3) is 0.442. The van der Waals surface area contributed by atoms with Gasteiger partial charge < -0.3 is 0 Å². The van der Waals surface area contributed by atoms with Gasteiger partial charge in [-0.05, 0) is 345 Å². The molecule has 9 rings (SSSR count). The van der Waals surface area contributed by atoms with Crippen molar-refractivity contribution >= 4 is 43.4 Å². The van der Waals surface area contributed by atoms with E-state index in [0.29, 0.717) is 0 Å². The molecule has 0 aliphatic rings. The second-order valence-corrected chi connectivity index (χ2v) is 25.4. The molecule has 0 N–H and O–H groups in total. The summed E-state index contributed by atoms with van der Waals surface area (Å²) in [5.74, 6) is 0. The van der Waals surface area contributed by atoms with Crippen molar-refractivity contribution in [3.8, 4) is 22.5 Å². The highest BCUT2D eigenvalue weighted by Crippen LogP contribution is 2.43. The maximum absolute atomic E-state index is 2.47. The largest absolute Gasteiger partial charge is 0.221 e. The van der Waals surface area contributed by atoms with Crippen molar-refractivity contribution in [3.05, 3.63) is 173 Å².